The highest BCUT2D eigenvalue weighted by Crippen LogP contribution is 2.26. The zero-order chi connectivity index (χ0) is 15.3. The van der Waals surface area contributed by atoms with Crippen LogP contribution in [0.1, 0.15) is 33.3 Å². The van der Waals surface area contributed by atoms with Gasteiger partial charge in [0, 0.05) is 6.04 Å². The average Bonchev–Trinajstić information content (AvgIpc) is 2.26. The molecular formula is C16H23NO3. The molecule has 2 N–H and O–H groups in total. The van der Waals surface area contributed by atoms with Gasteiger partial charge in [0.15, 0.2) is 0 Å². The molecule has 0 aromatic heterocycles. The Morgan fingerprint density at radius 3 is 2.20 bits per heavy atom. The first-order valence-electron chi connectivity index (χ1n) is 6.79. The lowest BCUT2D eigenvalue weighted by Crippen LogP contribution is -2.46. The molecule has 0 radical (unpaired) electrons. The second kappa shape index (κ2) is 6.55. The third kappa shape index (κ3) is 4.68. The molecule has 20 heavy (non-hydrogen) atoms. The summed E-state index contributed by atoms with van der Waals surface area (Å²) in [4.78, 5) is 23.4. The summed E-state index contributed by atoms with van der Waals surface area (Å²) in [5.74, 6) is -2.55. The molecule has 0 heterocycles. The van der Waals surface area contributed by atoms with Crippen molar-refractivity contribution in [3.8, 4) is 0 Å². The number of carboxylic acid groups (broad SMARTS) is 1. The standard InChI is InChI=1S/C16H23NO3/c1-11(10-12-8-6-5-7-9-12)17-14(18)13(15(19)20)16(2,3)4/h5-9,11,13H,10H2,1-4H3,(H,17,18)(H,19,20). The first-order chi connectivity index (χ1) is 9.21. The fourth-order valence-corrected chi connectivity index (χ4v) is 2.22. The minimum absolute atomic E-state index is 0.103. The van der Waals surface area contributed by atoms with Crippen LogP contribution in [0.3, 0.4) is 0 Å². The predicted molar refractivity (Wildman–Crippen MR) is 78.3 cm³/mol. The van der Waals surface area contributed by atoms with Gasteiger partial charge >= 0.3 is 5.97 Å². The Labute approximate surface area is 120 Å². The van der Waals surface area contributed by atoms with Crippen molar-refractivity contribution in [1.29, 1.82) is 0 Å². The van der Waals surface area contributed by atoms with E-state index < -0.39 is 23.2 Å². The van der Waals surface area contributed by atoms with Gasteiger partial charge in [0.1, 0.15) is 5.92 Å². The summed E-state index contributed by atoms with van der Waals surface area (Å²) in [6.45, 7) is 7.15. The lowest BCUT2D eigenvalue weighted by atomic mass is 9.80. The van der Waals surface area contributed by atoms with Gasteiger partial charge in [-0.2, -0.15) is 0 Å². The fourth-order valence-electron chi connectivity index (χ4n) is 2.22. The molecule has 110 valence electrons. The second-order valence-electron chi connectivity index (χ2n) is 6.24. The first kappa shape index (κ1) is 16.2. The van der Waals surface area contributed by atoms with E-state index in [9.17, 15) is 14.7 Å². The van der Waals surface area contributed by atoms with Crippen LogP contribution < -0.4 is 5.32 Å². The van der Waals surface area contributed by atoms with E-state index in [0.29, 0.717) is 6.42 Å². The van der Waals surface area contributed by atoms with Crippen LogP contribution in [0.25, 0.3) is 0 Å². The van der Waals surface area contributed by atoms with Gasteiger partial charge in [-0.1, -0.05) is 51.1 Å². The third-order valence-corrected chi connectivity index (χ3v) is 3.15. The maximum atomic E-state index is 12.1. The van der Waals surface area contributed by atoms with Crippen LogP contribution in [0.4, 0.5) is 0 Å². The molecule has 0 aliphatic heterocycles. The van der Waals surface area contributed by atoms with Crippen molar-refractivity contribution in [2.45, 2.75) is 40.2 Å². The van der Waals surface area contributed by atoms with E-state index in [0.717, 1.165) is 5.56 Å². The van der Waals surface area contributed by atoms with Gasteiger partial charge in [0.2, 0.25) is 5.91 Å². The monoisotopic (exact) mass is 277 g/mol. The lowest BCUT2D eigenvalue weighted by molar-refractivity contribution is -0.151. The van der Waals surface area contributed by atoms with E-state index in [2.05, 4.69) is 5.32 Å². The maximum absolute atomic E-state index is 12.1. The summed E-state index contributed by atoms with van der Waals surface area (Å²) < 4.78 is 0. The Bertz CT molecular complexity index is 462. The SMILES string of the molecule is CC(Cc1ccccc1)NC(=O)C(C(=O)O)C(C)(C)C. The minimum Gasteiger partial charge on any atom is -0.481 e. The number of benzene rings is 1. The number of nitrogens with one attached hydrogen (secondary N) is 1. The molecule has 4 heteroatoms. The van der Waals surface area contributed by atoms with Crippen molar-refractivity contribution in [3.63, 3.8) is 0 Å². The highest BCUT2D eigenvalue weighted by molar-refractivity contribution is 5.97. The number of carbonyl (C=O) groups is 2. The normalized spacial score (nSPS) is 14.4. The molecule has 1 aromatic carbocycles. The number of carboxylic acids is 1. The van der Waals surface area contributed by atoms with E-state index in [1.165, 1.54) is 0 Å². The zero-order valence-electron chi connectivity index (χ0n) is 12.5. The van der Waals surface area contributed by atoms with Crippen molar-refractivity contribution in [1.82, 2.24) is 5.32 Å². The molecule has 0 spiro atoms. The van der Waals surface area contributed by atoms with Crippen LogP contribution >= 0.6 is 0 Å². The summed E-state index contributed by atoms with van der Waals surface area (Å²) in [5.41, 5.74) is 0.505. The smallest absolute Gasteiger partial charge is 0.316 e. The summed E-state index contributed by atoms with van der Waals surface area (Å²) in [6.07, 6.45) is 0.684. The Morgan fingerprint density at radius 2 is 1.75 bits per heavy atom. The van der Waals surface area contributed by atoms with Crippen molar-refractivity contribution < 1.29 is 14.7 Å². The molecule has 1 rings (SSSR count). The van der Waals surface area contributed by atoms with E-state index in [-0.39, 0.29) is 6.04 Å². The highest BCUT2D eigenvalue weighted by atomic mass is 16.4. The Balaban J connectivity index is 2.67. The number of rotatable bonds is 5. The van der Waals surface area contributed by atoms with E-state index >= 15 is 0 Å². The molecule has 2 atom stereocenters. The van der Waals surface area contributed by atoms with Crippen molar-refractivity contribution in [2.24, 2.45) is 11.3 Å². The third-order valence-electron chi connectivity index (χ3n) is 3.15. The van der Waals surface area contributed by atoms with Gasteiger partial charge < -0.3 is 10.4 Å². The maximum Gasteiger partial charge on any atom is 0.316 e. The molecule has 0 aliphatic rings. The van der Waals surface area contributed by atoms with Crippen LogP contribution in [0.2, 0.25) is 0 Å². The average molecular weight is 277 g/mol. The van der Waals surface area contributed by atoms with Gasteiger partial charge in [-0.3, -0.25) is 9.59 Å². The molecular weight excluding hydrogens is 254 g/mol. The van der Waals surface area contributed by atoms with E-state index in [1.54, 1.807) is 20.8 Å². The Hall–Kier alpha value is -1.84. The van der Waals surface area contributed by atoms with Gasteiger partial charge in [-0.15, -0.1) is 0 Å². The first-order valence-corrected chi connectivity index (χ1v) is 6.79. The molecule has 1 amide bonds. The quantitative estimate of drug-likeness (QED) is 0.813. The molecule has 0 aliphatic carbocycles. The van der Waals surface area contributed by atoms with Crippen molar-refractivity contribution >= 4 is 11.9 Å². The molecule has 0 saturated carbocycles. The number of aliphatic carboxylic acids is 1. The second-order valence-corrected chi connectivity index (χ2v) is 6.24. The van der Waals surface area contributed by atoms with Gasteiger partial charge in [0.25, 0.3) is 0 Å². The van der Waals surface area contributed by atoms with Crippen molar-refractivity contribution in [3.05, 3.63) is 35.9 Å². The van der Waals surface area contributed by atoms with Crippen LogP contribution in [-0.2, 0) is 16.0 Å². The topological polar surface area (TPSA) is 66.4 Å². The van der Waals surface area contributed by atoms with Crippen LogP contribution in [-0.4, -0.2) is 23.0 Å². The zero-order valence-corrected chi connectivity index (χ0v) is 12.5. The predicted octanol–water partition coefficient (Wildman–Crippen LogP) is 2.48. The molecule has 0 saturated heterocycles. The summed E-state index contributed by atoms with van der Waals surface area (Å²) in [7, 11) is 0. The number of hydrogen-bond acceptors (Lipinski definition) is 2. The van der Waals surface area contributed by atoms with Gasteiger partial charge in [-0.05, 0) is 24.3 Å². The van der Waals surface area contributed by atoms with Crippen LogP contribution in [0.5, 0.6) is 0 Å². The molecule has 1 aromatic rings. The van der Waals surface area contributed by atoms with Crippen LogP contribution in [0.15, 0.2) is 30.3 Å². The molecule has 0 bridgehead atoms. The number of carbonyl (C=O) groups excluding carboxylic acids is 1. The summed E-state index contributed by atoms with van der Waals surface area (Å²) >= 11 is 0. The largest absolute Gasteiger partial charge is 0.481 e. The lowest BCUT2D eigenvalue weighted by Gasteiger charge is -2.27. The Kier molecular flexibility index (Phi) is 5.31. The van der Waals surface area contributed by atoms with Crippen LogP contribution in [0, 0.1) is 11.3 Å². The van der Waals surface area contributed by atoms with E-state index in [1.807, 2.05) is 37.3 Å². The van der Waals surface area contributed by atoms with E-state index in [4.69, 9.17) is 0 Å². The number of hydrogen-bond donors (Lipinski definition) is 2. The molecule has 4 nitrogen and oxygen atoms in total. The van der Waals surface area contributed by atoms with Gasteiger partial charge in [0.05, 0.1) is 0 Å². The fraction of sp³-hybridized carbons (Fsp3) is 0.500. The minimum atomic E-state index is -1.08. The Morgan fingerprint density at radius 1 is 1.20 bits per heavy atom. The molecule has 2 unspecified atom stereocenters. The summed E-state index contributed by atoms with van der Waals surface area (Å²) in [5, 5.41) is 12.0. The highest BCUT2D eigenvalue weighted by Gasteiger charge is 2.37. The summed E-state index contributed by atoms with van der Waals surface area (Å²) in [6, 6.07) is 9.70. The van der Waals surface area contributed by atoms with Gasteiger partial charge in [-0.25, -0.2) is 0 Å². The number of amides is 1. The van der Waals surface area contributed by atoms with Crippen molar-refractivity contribution in [2.75, 3.05) is 0 Å². The molecule has 0 fully saturated rings.